The van der Waals surface area contributed by atoms with Crippen LogP contribution < -0.4 is 5.32 Å². The Morgan fingerprint density at radius 3 is 2.47 bits per heavy atom. The smallest absolute Gasteiger partial charge is 0.311 e. The minimum Gasteiger partial charge on any atom is -0.481 e. The number of rotatable bonds is 8. The van der Waals surface area contributed by atoms with E-state index in [0.29, 0.717) is 25.9 Å². The van der Waals surface area contributed by atoms with E-state index in [1.54, 1.807) is 7.11 Å². The number of carbonyl (C=O) groups excluding carboxylic acids is 1. The number of carboxylic acids is 1. The van der Waals surface area contributed by atoms with E-state index in [9.17, 15) is 14.7 Å². The lowest BCUT2D eigenvalue weighted by molar-refractivity contribution is -0.151. The predicted molar refractivity (Wildman–Crippen MR) is 71.9 cm³/mol. The van der Waals surface area contributed by atoms with E-state index >= 15 is 0 Å². The zero-order valence-corrected chi connectivity index (χ0v) is 11.7. The van der Waals surface area contributed by atoms with E-state index in [1.165, 1.54) is 0 Å². The molecule has 110 valence electrons. The number of hydrogen-bond acceptors (Lipinski definition) is 3. The Hall–Kier alpha value is -1.10. The van der Waals surface area contributed by atoms with E-state index in [-0.39, 0.29) is 12.5 Å². The Bertz CT molecular complexity index is 298. The third-order valence-corrected chi connectivity index (χ3v) is 3.89. The average molecular weight is 271 g/mol. The van der Waals surface area contributed by atoms with Crippen molar-refractivity contribution in [1.29, 1.82) is 0 Å². The molecule has 0 spiro atoms. The minimum atomic E-state index is -0.771. The Morgan fingerprint density at radius 2 is 1.89 bits per heavy atom. The number of unbranched alkanes of at least 4 members (excludes halogenated alkanes) is 1. The number of nitrogens with one attached hydrogen (secondary N) is 1. The fourth-order valence-corrected chi connectivity index (χ4v) is 2.58. The first-order valence-electron chi connectivity index (χ1n) is 7.10. The summed E-state index contributed by atoms with van der Waals surface area (Å²) >= 11 is 0. The van der Waals surface area contributed by atoms with Gasteiger partial charge in [-0.05, 0) is 25.7 Å². The SMILES string of the molecule is COCCCCC(=O)NCC1(C(=O)O)CCCCC1. The molecule has 0 aromatic rings. The van der Waals surface area contributed by atoms with Crippen molar-refractivity contribution in [3.8, 4) is 0 Å². The predicted octanol–water partition coefficient (Wildman–Crippen LogP) is 1.95. The largest absolute Gasteiger partial charge is 0.481 e. The van der Waals surface area contributed by atoms with Crippen LogP contribution in [0.25, 0.3) is 0 Å². The second-order valence-electron chi connectivity index (χ2n) is 5.37. The molecular weight excluding hydrogens is 246 g/mol. The molecule has 0 aliphatic heterocycles. The van der Waals surface area contributed by atoms with Gasteiger partial charge in [-0.2, -0.15) is 0 Å². The molecule has 19 heavy (non-hydrogen) atoms. The monoisotopic (exact) mass is 271 g/mol. The Balaban J connectivity index is 2.31. The summed E-state index contributed by atoms with van der Waals surface area (Å²) < 4.78 is 4.92. The van der Waals surface area contributed by atoms with Crippen LogP contribution in [-0.2, 0) is 14.3 Å². The third-order valence-electron chi connectivity index (χ3n) is 3.89. The highest BCUT2D eigenvalue weighted by Gasteiger charge is 2.39. The molecule has 0 bridgehead atoms. The summed E-state index contributed by atoms with van der Waals surface area (Å²) in [6.07, 6.45) is 6.40. The van der Waals surface area contributed by atoms with Crippen LogP contribution in [0.4, 0.5) is 0 Å². The average Bonchev–Trinajstić information content (AvgIpc) is 2.42. The molecular formula is C14H25NO4. The van der Waals surface area contributed by atoms with Crippen LogP contribution in [-0.4, -0.2) is 37.2 Å². The zero-order valence-electron chi connectivity index (χ0n) is 11.7. The lowest BCUT2D eigenvalue weighted by atomic mass is 9.74. The molecule has 1 aliphatic carbocycles. The van der Waals surface area contributed by atoms with Crippen LogP contribution in [0, 0.1) is 5.41 Å². The summed E-state index contributed by atoms with van der Waals surface area (Å²) in [6, 6.07) is 0. The van der Waals surface area contributed by atoms with Gasteiger partial charge in [-0.1, -0.05) is 19.3 Å². The topological polar surface area (TPSA) is 75.6 Å². The van der Waals surface area contributed by atoms with Gasteiger partial charge < -0.3 is 15.2 Å². The lowest BCUT2D eigenvalue weighted by Crippen LogP contribution is -2.44. The molecule has 1 aliphatic rings. The molecule has 0 radical (unpaired) electrons. The van der Waals surface area contributed by atoms with Crippen molar-refractivity contribution < 1.29 is 19.4 Å². The number of amides is 1. The molecule has 0 heterocycles. The van der Waals surface area contributed by atoms with Crippen LogP contribution in [0.2, 0.25) is 0 Å². The first-order valence-corrected chi connectivity index (χ1v) is 7.10. The van der Waals surface area contributed by atoms with Gasteiger partial charge in [-0.3, -0.25) is 9.59 Å². The van der Waals surface area contributed by atoms with Crippen molar-refractivity contribution >= 4 is 11.9 Å². The van der Waals surface area contributed by atoms with Crippen molar-refractivity contribution in [2.24, 2.45) is 5.41 Å². The van der Waals surface area contributed by atoms with Crippen LogP contribution >= 0.6 is 0 Å². The van der Waals surface area contributed by atoms with Crippen molar-refractivity contribution in [3.05, 3.63) is 0 Å². The molecule has 0 atom stereocenters. The number of carboxylic acid groups (broad SMARTS) is 1. The first kappa shape index (κ1) is 16.0. The zero-order chi connectivity index (χ0) is 14.1. The number of methoxy groups -OCH3 is 1. The molecule has 1 rings (SSSR count). The van der Waals surface area contributed by atoms with Gasteiger partial charge in [0, 0.05) is 26.7 Å². The summed E-state index contributed by atoms with van der Waals surface area (Å²) in [5, 5.41) is 12.2. The quantitative estimate of drug-likeness (QED) is 0.662. The second kappa shape index (κ2) is 8.15. The molecule has 5 heteroatoms. The van der Waals surface area contributed by atoms with Gasteiger partial charge >= 0.3 is 5.97 Å². The van der Waals surface area contributed by atoms with Gasteiger partial charge in [0.15, 0.2) is 0 Å². The summed E-state index contributed by atoms with van der Waals surface area (Å²) in [6.45, 7) is 0.928. The van der Waals surface area contributed by atoms with Crippen LogP contribution in [0.5, 0.6) is 0 Å². The summed E-state index contributed by atoms with van der Waals surface area (Å²) in [5.74, 6) is -0.825. The Labute approximate surface area is 114 Å². The van der Waals surface area contributed by atoms with Crippen molar-refractivity contribution in [2.45, 2.75) is 51.4 Å². The minimum absolute atomic E-state index is 0.0534. The van der Waals surface area contributed by atoms with E-state index < -0.39 is 11.4 Å². The van der Waals surface area contributed by atoms with Gasteiger partial charge in [0.05, 0.1) is 5.41 Å². The first-order chi connectivity index (χ1) is 9.10. The molecule has 2 N–H and O–H groups in total. The fourth-order valence-electron chi connectivity index (χ4n) is 2.58. The highest BCUT2D eigenvalue weighted by molar-refractivity contribution is 5.79. The molecule has 5 nitrogen and oxygen atoms in total. The lowest BCUT2D eigenvalue weighted by Gasteiger charge is -2.33. The number of aliphatic carboxylic acids is 1. The molecule has 0 unspecified atom stereocenters. The van der Waals surface area contributed by atoms with E-state index in [0.717, 1.165) is 32.1 Å². The molecule has 1 saturated carbocycles. The third kappa shape index (κ3) is 5.19. The molecule has 0 aromatic carbocycles. The van der Waals surface area contributed by atoms with Crippen LogP contribution in [0.3, 0.4) is 0 Å². The standard InChI is InChI=1S/C14H25NO4/c1-19-10-6-3-7-12(16)15-11-14(13(17)18)8-4-2-5-9-14/h2-11H2,1H3,(H,15,16)(H,17,18). The van der Waals surface area contributed by atoms with Gasteiger partial charge in [-0.25, -0.2) is 0 Å². The van der Waals surface area contributed by atoms with Gasteiger partial charge in [0.25, 0.3) is 0 Å². The fraction of sp³-hybridized carbons (Fsp3) is 0.857. The Morgan fingerprint density at radius 1 is 1.21 bits per heavy atom. The van der Waals surface area contributed by atoms with Gasteiger partial charge in [-0.15, -0.1) is 0 Å². The van der Waals surface area contributed by atoms with Crippen molar-refractivity contribution in [2.75, 3.05) is 20.3 Å². The summed E-state index contributed by atoms with van der Waals surface area (Å²) in [5.41, 5.74) is -0.736. The maximum absolute atomic E-state index is 11.7. The molecule has 1 fully saturated rings. The van der Waals surface area contributed by atoms with E-state index in [2.05, 4.69) is 5.32 Å². The highest BCUT2D eigenvalue weighted by Crippen LogP contribution is 2.35. The number of hydrogen-bond donors (Lipinski definition) is 2. The van der Waals surface area contributed by atoms with Crippen molar-refractivity contribution in [1.82, 2.24) is 5.32 Å². The van der Waals surface area contributed by atoms with E-state index in [4.69, 9.17) is 4.74 Å². The normalized spacial score (nSPS) is 17.9. The summed E-state index contributed by atoms with van der Waals surface area (Å²) in [4.78, 5) is 23.1. The molecule has 0 saturated heterocycles. The molecule has 0 aromatic heterocycles. The number of ether oxygens (including phenoxy) is 1. The molecule has 1 amide bonds. The van der Waals surface area contributed by atoms with Gasteiger partial charge in [0.1, 0.15) is 0 Å². The van der Waals surface area contributed by atoms with Crippen LogP contribution in [0.15, 0.2) is 0 Å². The Kier molecular flexibility index (Phi) is 6.84. The van der Waals surface area contributed by atoms with Gasteiger partial charge in [0.2, 0.25) is 5.91 Å². The maximum Gasteiger partial charge on any atom is 0.311 e. The maximum atomic E-state index is 11.7. The second-order valence-corrected chi connectivity index (χ2v) is 5.37. The van der Waals surface area contributed by atoms with E-state index in [1.807, 2.05) is 0 Å². The number of carbonyl (C=O) groups is 2. The summed E-state index contributed by atoms with van der Waals surface area (Å²) in [7, 11) is 1.64. The van der Waals surface area contributed by atoms with Crippen molar-refractivity contribution in [3.63, 3.8) is 0 Å². The highest BCUT2D eigenvalue weighted by atomic mass is 16.5. The van der Waals surface area contributed by atoms with Crippen LogP contribution in [0.1, 0.15) is 51.4 Å².